The Labute approximate surface area is 160 Å². The van der Waals surface area contributed by atoms with Crippen LogP contribution < -0.4 is 5.32 Å². The molecule has 1 amide bonds. The zero-order valence-corrected chi connectivity index (χ0v) is 17.2. The van der Waals surface area contributed by atoms with Crippen LogP contribution >= 0.6 is 23.1 Å². The highest BCUT2D eigenvalue weighted by molar-refractivity contribution is 8.00. The molecule has 0 aromatic carbocycles. The number of esters is 1. The molecule has 0 spiro atoms. The summed E-state index contributed by atoms with van der Waals surface area (Å²) in [4.78, 5) is 35.0. The van der Waals surface area contributed by atoms with Crippen molar-refractivity contribution in [3.63, 3.8) is 0 Å². The molecule has 2 aromatic heterocycles. The van der Waals surface area contributed by atoms with Gasteiger partial charge >= 0.3 is 5.97 Å². The fourth-order valence-electron chi connectivity index (χ4n) is 2.25. The molecular weight excluding hydrogens is 374 g/mol. The molecule has 26 heavy (non-hydrogen) atoms. The fourth-order valence-corrected chi connectivity index (χ4v) is 4.30. The van der Waals surface area contributed by atoms with Crippen LogP contribution in [0.1, 0.15) is 23.2 Å². The van der Waals surface area contributed by atoms with E-state index in [1.807, 2.05) is 20.8 Å². The van der Waals surface area contributed by atoms with Gasteiger partial charge in [-0.25, -0.2) is 9.97 Å². The van der Waals surface area contributed by atoms with Crippen molar-refractivity contribution in [1.82, 2.24) is 15.3 Å². The number of nitrogens with zero attached hydrogens (tertiary/aromatic N) is 2. The summed E-state index contributed by atoms with van der Waals surface area (Å²) in [5.41, 5.74) is 1.13. The molecule has 0 fully saturated rings. The van der Waals surface area contributed by atoms with Crippen LogP contribution in [0.4, 0.5) is 0 Å². The number of thiophene rings is 1. The van der Waals surface area contributed by atoms with E-state index in [0.717, 1.165) is 20.8 Å². The molecule has 0 saturated carbocycles. The highest BCUT2D eigenvalue weighted by atomic mass is 32.2. The minimum Gasteiger partial charge on any atom is -0.452 e. The van der Waals surface area contributed by atoms with Crippen LogP contribution in [0.3, 0.4) is 0 Å². The second-order valence-corrected chi connectivity index (χ2v) is 7.91. The summed E-state index contributed by atoms with van der Waals surface area (Å²) in [7, 11) is 1.55. The number of thioether (sulfide) groups is 1. The summed E-state index contributed by atoms with van der Waals surface area (Å²) >= 11 is 2.93. The molecule has 9 heteroatoms. The fraction of sp³-hybridized carbons (Fsp3) is 0.529. The molecule has 0 aliphatic carbocycles. The van der Waals surface area contributed by atoms with Gasteiger partial charge in [0.25, 0.3) is 5.91 Å². The van der Waals surface area contributed by atoms with Gasteiger partial charge in [-0.3, -0.25) is 9.59 Å². The molecule has 0 aliphatic heterocycles. The molecule has 7 nitrogen and oxygen atoms in total. The number of hydrogen-bond donors (Lipinski definition) is 1. The lowest BCUT2D eigenvalue weighted by atomic mass is 10.2. The molecule has 0 radical (unpaired) electrons. The van der Waals surface area contributed by atoms with E-state index in [1.54, 1.807) is 25.4 Å². The topological polar surface area (TPSA) is 90.4 Å². The Morgan fingerprint density at radius 1 is 1.27 bits per heavy atom. The number of aromatic nitrogens is 2. The Bertz CT molecular complexity index is 807. The van der Waals surface area contributed by atoms with Gasteiger partial charge in [0, 0.05) is 23.9 Å². The van der Waals surface area contributed by atoms with Gasteiger partial charge < -0.3 is 14.8 Å². The minimum atomic E-state index is -0.850. The molecular formula is C17H23N3O4S2. The smallest absolute Gasteiger partial charge is 0.317 e. The van der Waals surface area contributed by atoms with E-state index in [-0.39, 0.29) is 11.7 Å². The quantitative estimate of drug-likeness (QED) is 0.317. The van der Waals surface area contributed by atoms with Crippen molar-refractivity contribution in [3.8, 4) is 0 Å². The summed E-state index contributed by atoms with van der Waals surface area (Å²) in [6.07, 6.45) is -0.850. The van der Waals surface area contributed by atoms with E-state index in [9.17, 15) is 9.59 Å². The Kier molecular flexibility index (Phi) is 7.36. The number of ether oxygens (including phenoxy) is 2. The molecule has 0 aliphatic rings. The number of carbonyl (C=O) groups excluding carboxylic acids is 2. The largest absolute Gasteiger partial charge is 0.452 e. The summed E-state index contributed by atoms with van der Waals surface area (Å²) in [6.45, 7) is 8.24. The minimum absolute atomic E-state index is 0.0789. The van der Waals surface area contributed by atoms with Gasteiger partial charge in [-0.2, -0.15) is 0 Å². The van der Waals surface area contributed by atoms with E-state index in [1.165, 1.54) is 16.6 Å². The molecule has 1 atom stereocenters. The van der Waals surface area contributed by atoms with Crippen LogP contribution in [-0.2, 0) is 19.1 Å². The van der Waals surface area contributed by atoms with Crippen LogP contribution in [0.15, 0.2) is 5.03 Å². The number of hydrogen-bond acceptors (Lipinski definition) is 8. The number of aryl methyl sites for hydroxylation is 3. The second kappa shape index (κ2) is 9.29. The first kappa shape index (κ1) is 20.6. The molecule has 0 saturated heterocycles. The maximum Gasteiger partial charge on any atom is 0.317 e. The second-order valence-electron chi connectivity index (χ2n) is 5.74. The molecule has 1 N–H and O–H groups in total. The summed E-state index contributed by atoms with van der Waals surface area (Å²) in [6, 6.07) is 0. The number of nitrogens with one attached hydrogen (secondary N) is 1. The molecule has 2 rings (SSSR count). The van der Waals surface area contributed by atoms with Crippen molar-refractivity contribution in [2.24, 2.45) is 0 Å². The van der Waals surface area contributed by atoms with Gasteiger partial charge in [-0.1, -0.05) is 11.8 Å². The molecule has 142 valence electrons. The monoisotopic (exact) mass is 397 g/mol. The van der Waals surface area contributed by atoms with Gasteiger partial charge in [0.2, 0.25) is 0 Å². The SMILES string of the molecule is COCCNC(=O)[C@@H](C)OC(=O)CSc1nc(C)nc2sc(C)c(C)c12. The van der Waals surface area contributed by atoms with Gasteiger partial charge in [0.15, 0.2) is 6.10 Å². The van der Waals surface area contributed by atoms with Gasteiger partial charge in [-0.15, -0.1) is 11.3 Å². The lowest BCUT2D eigenvalue weighted by Gasteiger charge is -2.13. The van der Waals surface area contributed by atoms with E-state index in [4.69, 9.17) is 9.47 Å². The van der Waals surface area contributed by atoms with Crippen LogP contribution in [0, 0.1) is 20.8 Å². The van der Waals surface area contributed by atoms with Crippen LogP contribution in [0.25, 0.3) is 10.2 Å². The van der Waals surface area contributed by atoms with Gasteiger partial charge in [0.05, 0.1) is 12.4 Å². The van der Waals surface area contributed by atoms with Crippen molar-refractivity contribution in [1.29, 1.82) is 0 Å². The van der Waals surface area contributed by atoms with Crippen LogP contribution in [-0.4, -0.2) is 54.0 Å². The standard InChI is InChI=1S/C17H23N3O4S2/c1-9-11(3)26-17-14(9)16(19-12(4)20-17)25-8-13(21)24-10(2)15(22)18-6-7-23-5/h10H,6-8H2,1-5H3,(H,18,22)/t10-/m1/s1. The lowest BCUT2D eigenvalue weighted by Crippen LogP contribution is -2.37. The Balaban J connectivity index is 1.97. The average molecular weight is 398 g/mol. The highest BCUT2D eigenvalue weighted by Crippen LogP contribution is 2.35. The third-order valence-electron chi connectivity index (χ3n) is 3.72. The summed E-state index contributed by atoms with van der Waals surface area (Å²) in [5.74, 6) is -0.0563. The first-order valence-corrected chi connectivity index (χ1v) is 9.97. The zero-order valence-electron chi connectivity index (χ0n) is 15.5. The number of carbonyl (C=O) groups is 2. The zero-order chi connectivity index (χ0) is 19.3. The van der Waals surface area contributed by atoms with Crippen LogP contribution in [0.2, 0.25) is 0 Å². The van der Waals surface area contributed by atoms with Crippen molar-refractivity contribution in [3.05, 3.63) is 16.3 Å². The Morgan fingerprint density at radius 2 is 2.00 bits per heavy atom. The Morgan fingerprint density at radius 3 is 2.69 bits per heavy atom. The predicted octanol–water partition coefficient (Wildman–Crippen LogP) is 2.40. The maximum absolute atomic E-state index is 12.1. The van der Waals surface area contributed by atoms with Crippen molar-refractivity contribution in [2.45, 2.75) is 38.8 Å². The van der Waals surface area contributed by atoms with E-state index < -0.39 is 12.1 Å². The van der Waals surface area contributed by atoms with Crippen molar-refractivity contribution < 1.29 is 19.1 Å². The number of amides is 1. The molecule has 0 unspecified atom stereocenters. The van der Waals surface area contributed by atoms with Crippen LogP contribution in [0.5, 0.6) is 0 Å². The first-order valence-electron chi connectivity index (χ1n) is 8.16. The summed E-state index contributed by atoms with van der Waals surface area (Å²) < 4.78 is 10.0. The number of methoxy groups -OCH3 is 1. The first-order chi connectivity index (χ1) is 12.3. The molecule has 0 bridgehead atoms. The van der Waals surface area contributed by atoms with Crippen molar-refractivity contribution >= 4 is 45.2 Å². The number of fused-ring (bicyclic) bond motifs is 1. The van der Waals surface area contributed by atoms with Gasteiger partial charge in [-0.05, 0) is 33.3 Å². The van der Waals surface area contributed by atoms with E-state index in [0.29, 0.717) is 19.0 Å². The predicted molar refractivity (Wildman–Crippen MR) is 103 cm³/mol. The lowest BCUT2D eigenvalue weighted by molar-refractivity contribution is -0.152. The average Bonchev–Trinajstić information content (AvgIpc) is 2.86. The third-order valence-corrected chi connectivity index (χ3v) is 5.77. The highest BCUT2D eigenvalue weighted by Gasteiger charge is 2.19. The summed E-state index contributed by atoms with van der Waals surface area (Å²) in [5, 5.41) is 4.39. The Hall–Kier alpha value is -1.71. The third kappa shape index (κ3) is 5.15. The van der Waals surface area contributed by atoms with Gasteiger partial charge in [0.1, 0.15) is 15.7 Å². The number of rotatable bonds is 8. The molecule has 2 aromatic rings. The normalized spacial score (nSPS) is 12.2. The van der Waals surface area contributed by atoms with Crippen molar-refractivity contribution in [2.75, 3.05) is 26.0 Å². The van der Waals surface area contributed by atoms with E-state index in [2.05, 4.69) is 15.3 Å². The molecule has 2 heterocycles. The maximum atomic E-state index is 12.1. The van der Waals surface area contributed by atoms with E-state index >= 15 is 0 Å².